The molecule has 0 aromatic heterocycles. The van der Waals surface area contributed by atoms with E-state index in [0.717, 1.165) is 5.56 Å². The average Bonchev–Trinajstić information content (AvgIpc) is 2.33. The number of nitrogens with zero attached hydrogens (tertiary/aromatic N) is 1. The molecule has 1 aliphatic carbocycles. The number of nitrogens with two attached hydrogens (primary N) is 1. The number of halogens is 1. The molecule has 1 aromatic rings. The molecule has 1 aliphatic rings. The summed E-state index contributed by atoms with van der Waals surface area (Å²) in [6, 6.07) is 6.25. The van der Waals surface area contributed by atoms with Crippen LogP contribution in [0.4, 0.5) is 4.39 Å². The van der Waals surface area contributed by atoms with Crippen LogP contribution in [-0.2, 0) is 11.3 Å². The van der Waals surface area contributed by atoms with Crippen molar-refractivity contribution in [3.8, 4) is 0 Å². The second kappa shape index (κ2) is 5.48. The molecular formula is C15H19FN2OS. The fourth-order valence-electron chi connectivity index (χ4n) is 2.96. The number of rotatable bonds is 4. The van der Waals surface area contributed by atoms with Gasteiger partial charge in [-0.05, 0) is 36.5 Å². The Labute approximate surface area is 123 Å². The van der Waals surface area contributed by atoms with Crippen LogP contribution in [0.1, 0.15) is 25.3 Å². The maximum atomic E-state index is 13.2. The van der Waals surface area contributed by atoms with Crippen LogP contribution in [0.25, 0.3) is 0 Å². The van der Waals surface area contributed by atoms with Crippen molar-refractivity contribution < 1.29 is 9.18 Å². The summed E-state index contributed by atoms with van der Waals surface area (Å²) in [5, 5.41) is 0. The van der Waals surface area contributed by atoms with Gasteiger partial charge in [-0.15, -0.1) is 0 Å². The molecule has 0 aliphatic heterocycles. The van der Waals surface area contributed by atoms with E-state index in [4.69, 9.17) is 18.0 Å². The first-order valence-corrected chi connectivity index (χ1v) is 7.06. The van der Waals surface area contributed by atoms with Crippen molar-refractivity contribution in [1.29, 1.82) is 0 Å². The van der Waals surface area contributed by atoms with Crippen LogP contribution in [-0.4, -0.2) is 22.8 Å². The highest BCUT2D eigenvalue weighted by Gasteiger charge is 2.51. The van der Waals surface area contributed by atoms with Crippen molar-refractivity contribution in [2.75, 3.05) is 7.05 Å². The molecule has 2 N–H and O–H groups in total. The number of thiocarbonyl (C=S) groups is 1. The molecule has 0 saturated heterocycles. The van der Waals surface area contributed by atoms with Gasteiger partial charge in [-0.25, -0.2) is 4.39 Å². The molecule has 1 saturated carbocycles. The smallest absolute Gasteiger partial charge is 0.235 e. The van der Waals surface area contributed by atoms with E-state index in [1.165, 1.54) is 12.1 Å². The van der Waals surface area contributed by atoms with E-state index in [1.807, 2.05) is 0 Å². The van der Waals surface area contributed by atoms with Gasteiger partial charge in [0.2, 0.25) is 5.91 Å². The van der Waals surface area contributed by atoms with Crippen molar-refractivity contribution >= 4 is 23.1 Å². The third kappa shape index (κ3) is 2.68. The van der Waals surface area contributed by atoms with E-state index in [1.54, 1.807) is 24.1 Å². The first-order valence-electron chi connectivity index (χ1n) is 6.65. The molecule has 0 bridgehead atoms. The summed E-state index contributed by atoms with van der Waals surface area (Å²) in [5.41, 5.74) is 5.83. The van der Waals surface area contributed by atoms with E-state index in [-0.39, 0.29) is 16.7 Å². The number of hydrogen-bond donors (Lipinski definition) is 1. The normalized spacial score (nSPS) is 24.9. The van der Waals surface area contributed by atoms with Gasteiger partial charge >= 0.3 is 0 Å². The molecule has 0 radical (unpaired) electrons. The van der Waals surface area contributed by atoms with Gasteiger partial charge in [0.25, 0.3) is 0 Å². The van der Waals surface area contributed by atoms with Crippen molar-refractivity contribution in [1.82, 2.24) is 4.90 Å². The minimum absolute atomic E-state index is 0.0626. The van der Waals surface area contributed by atoms with Crippen LogP contribution in [0.15, 0.2) is 24.3 Å². The van der Waals surface area contributed by atoms with Gasteiger partial charge in [-0.1, -0.05) is 31.3 Å². The first-order chi connectivity index (χ1) is 9.35. The Kier molecular flexibility index (Phi) is 4.09. The summed E-state index contributed by atoms with van der Waals surface area (Å²) in [5.74, 6) is 0.0973. The molecule has 0 unspecified atom stereocenters. The van der Waals surface area contributed by atoms with Crippen molar-refractivity contribution in [3.63, 3.8) is 0 Å². The zero-order valence-corrected chi connectivity index (χ0v) is 12.5. The minimum atomic E-state index is -0.698. The van der Waals surface area contributed by atoms with E-state index in [2.05, 4.69) is 6.92 Å². The van der Waals surface area contributed by atoms with Gasteiger partial charge < -0.3 is 10.6 Å². The molecule has 2 rings (SSSR count). The average molecular weight is 294 g/mol. The molecule has 1 fully saturated rings. The molecule has 20 heavy (non-hydrogen) atoms. The maximum absolute atomic E-state index is 13.2. The Balaban J connectivity index is 2.10. The van der Waals surface area contributed by atoms with E-state index in [9.17, 15) is 9.18 Å². The van der Waals surface area contributed by atoms with Gasteiger partial charge in [-0.2, -0.15) is 0 Å². The lowest BCUT2D eigenvalue weighted by atomic mass is 9.61. The Morgan fingerprint density at radius 3 is 2.70 bits per heavy atom. The van der Waals surface area contributed by atoms with Crippen molar-refractivity contribution in [3.05, 3.63) is 35.6 Å². The topological polar surface area (TPSA) is 46.3 Å². The van der Waals surface area contributed by atoms with Crippen LogP contribution >= 0.6 is 12.2 Å². The van der Waals surface area contributed by atoms with E-state index >= 15 is 0 Å². The number of hydrogen-bond acceptors (Lipinski definition) is 2. The fraction of sp³-hybridized carbons (Fsp3) is 0.467. The van der Waals surface area contributed by atoms with Crippen molar-refractivity contribution in [2.45, 2.75) is 26.3 Å². The van der Waals surface area contributed by atoms with Crippen LogP contribution in [0.3, 0.4) is 0 Å². The molecular weight excluding hydrogens is 275 g/mol. The van der Waals surface area contributed by atoms with E-state index < -0.39 is 5.41 Å². The number of benzene rings is 1. The minimum Gasteiger partial charge on any atom is -0.392 e. The monoisotopic (exact) mass is 294 g/mol. The molecule has 0 heterocycles. The third-order valence-corrected chi connectivity index (χ3v) is 4.32. The molecule has 1 aromatic carbocycles. The first kappa shape index (κ1) is 14.9. The molecule has 0 spiro atoms. The highest BCUT2D eigenvalue weighted by molar-refractivity contribution is 7.80. The summed E-state index contributed by atoms with van der Waals surface area (Å²) in [6.07, 6.45) is 1.41. The maximum Gasteiger partial charge on any atom is 0.235 e. The lowest BCUT2D eigenvalue weighted by Crippen LogP contribution is -2.56. The van der Waals surface area contributed by atoms with Crippen molar-refractivity contribution in [2.24, 2.45) is 17.1 Å². The predicted octanol–water partition coefficient (Wildman–Crippen LogP) is 2.49. The Bertz CT molecular complexity index is 540. The highest BCUT2D eigenvalue weighted by atomic mass is 32.1. The summed E-state index contributed by atoms with van der Waals surface area (Å²) in [6.45, 7) is 2.44. The third-order valence-electron chi connectivity index (χ3n) is 3.93. The quantitative estimate of drug-likeness (QED) is 0.868. The SMILES string of the molecule is CC1CC(C(=O)N(C)Cc2cccc(F)c2)(C(N)=S)C1. The lowest BCUT2D eigenvalue weighted by molar-refractivity contribution is -0.143. The molecule has 1 amide bonds. The van der Waals surface area contributed by atoms with Gasteiger partial charge in [0.15, 0.2) is 0 Å². The van der Waals surface area contributed by atoms with Crippen LogP contribution in [0, 0.1) is 17.2 Å². The Hall–Kier alpha value is -1.49. The zero-order chi connectivity index (χ0) is 14.9. The Morgan fingerprint density at radius 1 is 1.55 bits per heavy atom. The highest BCUT2D eigenvalue weighted by Crippen LogP contribution is 2.47. The second-order valence-electron chi connectivity index (χ2n) is 5.75. The van der Waals surface area contributed by atoms with Gasteiger partial charge in [0.1, 0.15) is 5.82 Å². The molecule has 0 atom stereocenters. The number of amides is 1. The van der Waals surface area contributed by atoms with Gasteiger partial charge in [-0.3, -0.25) is 4.79 Å². The molecule has 3 nitrogen and oxygen atoms in total. The zero-order valence-electron chi connectivity index (χ0n) is 11.7. The van der Waals surface area contributed by atoms with Crippen LogP contribution < -0.4 is 5.73 Å². The summed E-state index contributed by atoms with van der Waals surface area (Å²) in [7, 11) is 1.70. The van der Waals surface area contributed by atoms with Crippen LogP contribution in [0.2, 0.25) is 0 Å². The van der Waals surface area contributed by atoms with Gasteiger partial charge in [0, 0.05) is 13.6 Å². The predicted molar refractivity (Wildman–Crippen MR) is 80.5 cm³/mol. The largest absolute Gasteiger partial charge is 0.392 e. The molecule has 108 valence electrons. The lowest BCUT2D eigenvalue weighted by Gasteiger charge is -2.46. The standard InChI is InChI=1S/C15H19FN2OS/c1-10-7-15(8-10,13(17)20)14(19)18(2)9-11-4-3-5-12(16)6-11/h3-6,10H,7-9H2,1-2H3,(H2,17,20). The van der Waals surface area contributed by atoms with Gasteiger partial charge in [0.05, 0.1) is 10.4 Å². The number of carbonyl (C=O) groups is 1. The summed E-state index contributed by atoms with van der Waals surface area (Å²) in [4.78, 5) is 14.4. The second-order valence-corrected chi connectivity index (χ2v) is 6.19. The van der Waals surface area contributed by atoms with E-state index in [0.29, 0.717) is 25.3 Å². The summed E-state index contributed by atoms with van der Waals surface area (Å²) >= 11 is 5.08. The molecule has 5 heteroatoms. The Morgan fingerprint density at radius 2 is 2.20 bits per heavy atom. The fourth-order valence-corrected chi connectivity index (χ4v) is 3.21. The summed E-state index contributed by atoms with van der Waals surface area (Å²) < 4.78 is 13.2. The number of carbonyl (C=O) groups excluding carboxylic acids is 1. The van der Waals surface area contributed by atoms with Crippen LogP contribution in [0.5, 0.6) is 0 Å².